The number of hydrogen-bond acceptors (Lipinski definition) is 4. The van der Waals surface area contributed by atoms with Crippen LogP contribution < -0.4 is 5.32 Å². The molecule has 0 radical (unpaired) electrons. The Hall–Kier alpha value is -1.92. The number of carbonyl (C=O) groups excluding carboxylic acids is 1. The molecule has 0 saturated carbocycles. The van der Waals surface area contributed by atoms with Crippen LogP contribution in [0.3, 0.4) is 0 Å². The summed E-state index contributed by atoms with van der Waals surface area (Å²) in [5.74, 6) is -1.60. The molecule has 2 unspecified atom stereocenters. The molecule has 0 fully saturated rings. The number of hydrogen-bond donors (Lipinski definition) is 3. The van der Waals surface area contributed by atoms with Crippen molar-refractivity contribution in [3.8, 4) is 0 Å². The highest BCUT2D eigenvalue weighted by molar-refractivity contribution is 5.83. The topological polar surface area (TPSA) is 95.9 Å². The van der Waals surface area contributed by atoms with Crippen molar-refractivity contribution in [3.05, 3.63) is 35.4 Å². The maximum absolute atomic E-state index is 12.0. The van der Waals surface area contributed by atoms with Gasteiger partial charge in [0.2, 0.25) is 0 Å². The fourth-order valence-electron chi connectivity index (χ4n) is 2.16. The predicted molar refractivity (Wildman–Crippen MR) is 70.1 cm³/mol. The molecule has 0 saturated heterocycles. The zero-order valence-electron chi connectivity index (χ0n) is 10.9. The number of carboxylic acid groups (broad SMARTS) is 1. The molecule has 0 bridgehead atoms. The van der Waals surface area contributed by atoms with Gasteiger partial charge in [-0.3, -0.25) is 4.79 Å². The van der Waals surface area contributed by atoms with Crippen LogP contribution in [0, 0.1) is 0 Å². The van der Waals surface area contributed by atoms with Crippen LogP contribution in [0.5, 0.6) is 0 Å². The predicted octanol–water partition coefficient (Wildman–Crippen LogP) is 0.252. The van der Waals surface area contributed by atoms with Gasteiger partial charge in [-0.25, -0.2) is 4.79 Å². The summed E-state index contributed by atoms with van der Waals surface area (Å²) in [5, 5.41) is 20.3. The van der Waals surface area contributed by atoms with Crippen LogP contribution in [-0.4, -0.2) is 41.3 Å². The minimum Gasteiger partial charge on any atom is -0.479 e. The zero-order chi connectivity index (χ0) is 14.5. The Morgan fingerprint density at radius 3 is 2.90 bits per heavy atom. The van der Waals surface area contributed by atoms with Crippen molar-refractivity contribution in [2.75, 3.05) is 13.2 Å². The molecule has 108 valence electrons. The summed E-state index contributed by atoms with van der Waals surface area (Å²) in [6, 6.07) is 7.58. The van der Waals surface area contributed by atoms with Gasteiger partial charge in [0.05, 0.1) is 6.61 Å². The molecule has 0 aromatic heterocycles. The second kappa shape index (κ2) is 6.49. The minimum absolute atomic E-state index is 0.0323. The number of aliphatic hydroxyl groups is 1. The fourth-order valence-corrected chi connectivity index (χ4v) is 2.16. The second-order valence-corrected chi connectivity index (χ2v) is 4.63. The normalized spacial score (nSPS) is 18.9. The van der Waals surface area contributed by atoms with Crippen LogP contribution in [0.4, 0.5) is 0 Å². The van der Waals surface area contributed by atoms with Crippen molar-refractivity contribution in [2.24, 2.45) is 0 Å². The highest BCUT2D eigenvalue weighted by atomic mass is 16.5. The first kappa shape index (κ1) is 14.5. The molecule has 1 aliphatic heterocycles. The third-order valence-electron chi connectivity index (χ3n) is 3.23. The van der Waals surface area contributed by atoms with Gasteiger partial charge in [-0.2, -0.15) is 0 Å². The molecule has 1 aromatic carbocycles. The molecule has 2 rings (SSSR count). The van der Waals surface area contributed by atoms with Crippen molar-refractivity contribution >= 4 is 11.9 Å². The lowest BCUT2D eigenvalue weighted by Gasteiger charge is -2.25. The summed E-state index contributed by atoms with van der Waals surface area (Å²) >= 11 is 0. The van der Waals surface area contributed by atoms with E-state index in [1.165, 1.54) is 0 Å². The fraction of sp³-hybridized carbons (Fsp3) is 0.429. The third-order valence-corrected chi connectivity index (χ3v) is 3.23. The number of nitrogens with one attached hydrogen (secondary N) is 1. The number of rotatable bonds is 5. The Labute approximate surface area is 116 Å². The quantitative estimate of drug-likeness (QED) is 0.718. The van der Waals surface area contributed by atoms with E-state index in [1.807, 2.05) is 24.3 Å². The summed E-state index contributed by atoms with van der Waals surface area (Å²) in [4.78, 5) is 22.5. The molecular weight excluding hydrogens is 262 g/mol. The summed E-state index contributed by atoms with van der Waals surface area (Å²) in [6.07, 6.45) is -1.38. The van der Waals surface area contributed by atoms with Gasteiger partial charge in [-0.1, -0.05) is 24.3 Å². The lowest BCUT2D eigenvalue weighted by Crippen LogP contribution is -2.36. The number of carboxylic acids is 1. The van der Waals surface area contributed by atoms with E-state index in [4.69, 9.17) is 14.9 Å². The van der Waals surface area contributed by atoms with Crippen LogP contribution in [0.2, 0.25) is 0 Å². The van der Waals surface area contributed by atoms with Gasteiger partial charge in [0.25, 0.3) is 5.91 Å². The average molecular weight is 279 g/mol. The van der Waals surface area contributed by atoms with E-state index in [-0.39, 0.29) is 18.9 Å². The molecule has 1 aromatic rings. The smallest absolute Gasteiger partial charge is 0.332 e. The Bertz CT molecular complexity index is 502. The lowest BCUT2D eigenvalue weighted by atomic mass is 9.97. The van der Waals surface area contributed by atoms with Crippen molar-refractivity contribution in [2.45, 2.75) is 25.0 Å². The van der Waals surface area contributed by atoms with E-state index in [9.17, 15) is 9.59 Å². The van der Waals surface area contributed by atoms with Gasteiger partial charge in [0.15, 0.2) is 12.2 Å². The summed E-state index contributed by atoms with van der Waals surface area (Å²) in [6.45, 7) is 0.571. The summed E-state index contributed by atoms with van der Waals surface area (Å²) < 4.78 is 5.48. The zero-order valence-corrected chi connectivity index (χ0v) is 10.9. The maximum Gasteiger partial charge on any atom is 0.332 e. The number of amides is 1. The van der Waals surface area contributed by atoms with E-state index in [0.717, 1.165) is 17.5 Å². The van der Waals surface area contributed by atoms with Gasteiger partial charge in [0, 0.05) is 13.0 Å². The third kappa shape index (κ3) is 3.34. The van der Waals surface area contributed by atoms with E-state index in [1.54, 1.807) is 0 Å². The number of aliphatic carboxylic acids is 1. The van der Waals surface area contributed by atoms with Crippen LogP contribution in [0.25, 0.3) is 0 Å². The minimum atomic E-state index is -1.46. The first-order valence-corrected chi connectivity index (χ1v) is 6.47. The molecule has 6 heteroatoms. The molecule has 0 aliphatic carbocycles. The van der Waals surface area contributed by atoms with Gasteiger partial charge >= 0.3 is 5.97 Å². The molecular formula is C14H17NO5. The molecule has 1 heterocycles. The molecule has 20 heavy (non-hydrogen) atoms. The van der Waals surface area contributed by atoms with Gasteiger partial charge in [0.1, 0.15) is 0 Å². The monoisotopic (exact) mass is 279 g/mol. The van der Waals surface area contributed by atoms with Crippen molar-refractivity contribution in [3.63, 3.8) is 0 Å². The number of ether oxygens (including phenoxy) is 1. The summed E-state index contributed by atoms with van der Waals surface area (Å²) in [5.41, 5.74) is 1.93. The van der Waals surface area contributed by atoms with Gasteiger partial charge in [-0.05, 0) is 17.5 Å². The van der Waals surface area contributed by atoms with Gasteiger partial charge < -0.3 is 20.3 Å². The molecule has 3 N–H and O–H groups in total. The first-order chi connectivity index (χ1) is 9.59. The standard InChI is InChI=1S/C14H17NO5/c16-11(14(18)19)5-7-15-13(17)12-10-4-2-1-3-9(10)6-8-20-12/h1-4,11-12,16H,5-8H2,(H,15,17)(H,18,19). The van der Waals surface area contributed by atoms with Crippen molar-refractivity contribution < 1.29 is 24.5 Å². The number of fused-ring (bicyclic) bond motifs is 1. The number of carbonyl (C=O) groups is 2. The molecule has 0 spiro atoms. The molecule has 6 nitrogen and oxygen atoms in total. The summed E-state index contributed by atoms with van der Waals surface area (Å²) in [7, 11) is 0. The van der Waals surface area contributed by atoms with Gasteiger partial charge in [-0.15, -0.1) is 0 Å². The van der Waals surface area contributed by atoms with E-state index >= 15 is 0 Å². The second-order valence-electron chi connectivity index (χ2n) is 4.63. The van der Waals surface area contributed by atoms with E-state index < -0.39 is 18.2 Å². The SMILES string of the molecule is O=C(O)C(O)CCNC(=O)C1OCCc2ccccc21. The van der Waals surface area contributed by atoms with E-state index in [0.29, 0.717) is 6.61 Å². The average Bonchev–Trinajstić information content (AvgIpc) is 2.46. The molecule has 1 aliphatic rings. The highest BCUT2D eigenvalue weighted by Gasteiger charge is 2.27. The van der Waals surface area contributed by atoms with Crippen LogP contribution in [0.15, 0.2) is 24.3 Å². The maximum atomic E-state index is 12.0. The largest absolute Gasteiger partial charge is 0.479 e. The van der Waals surface area contributed by atoms with E-state index in [2.05, 4.69) is 5.32 Å². The van der Waals surface area contributed by atoms with Crippen molar-refractivity contribution in [1.82, 2.24) is 5.32 Å². The van der Waals surface area contributed by atoms with Crippen LogP contribution in [0.1, 0.15) is 23.7 Å². The Kier molecular flexibility index (Phi) is 4.70. The number of benzene rings is 1. The molecule has 2 atom stereocenters. The van der Waals surface area contributed by atoms with Crippen molar-refractivity contribution in [1.29, 1.82) is 0 Å². The van der Waals surface area contributed by atoms with Crippen LogP contribution >= 0.6 is 0 Å². The Morgan fingerprint density at radius 1 is 1.40 bits per heavy atom. The van der Waals surface area contributed by atoms with Crippen LogP contribution in [-0.2, 0) is 20.7 Å². The lowest BCUT2D eigenvalue weighted by molar-refractivity contribution is -0.147. The number of aliphatic hydroxyl groups excluding tert-OH is 1. The Morgan fingerprint density at radius 2 is 2.15 bits per heavy atom. The molecule has 1 amide bonds. The highest BCUT2D eigenvalue weighted by Crippen LogP contribution is 2.26. The Balaban J connectivity index is 1.92. The first-order valence-electron chi connectivity index (χ1n) is 6.47.